The Labute approximate surface area is 188 Å². The van der Waals surface area contributed by atoms with Gasteiger partial charge < -0.3 is 9.73 Å². The van der Waals surface area contributed by atoms with Gasteiger partial charge in [0.25, 0.3) is 15.9 Å². The number of thiophene rings is 1. The van der Waals surface area contributed by atoms with E-state index in [0.717, 1.165) is 27.7 Å². The Morgan fingerprint density at radius 2 is 1.66 bits per heavy atom. The Kier molecular flexibility index (Phi) is 4.96. The Morgan fingerprint density at radius 3 is 2.41 bits per heavy atom. The predicted octanol–water partition coefficient (Wildman–Crippen LogP) is 5.72. The first-order valence-corrected chi connectivity index (χ1v) is 12.1. The molecule has 0 spiro atoms. The Bertz CT molecular complexity index is 1540. The first kappa shape index (κ1) is 20.3. The second-order valence-corrected chi connectivity index (χ2v) is 10.4. The van der Waals surface area contributed by atoms with Crippen molar-refractivity contribution < 1.29 is 17.6 Å². The number of amides is 1. The normalized spacial score (nSPS) is 11.7. The summed E-state index contributed by atoms with van der Waals surface area (Å²) < 4.78 is 32.7. The van der Waals surface area contributed by atoms with Crippen LogP contribution in [0.3, 0.4) is 0 Å². The van der Waals surface area contributed by atoms with E-state index in [1.54, 1.807) is 47.8 Å². The zero-order valence-electron chi connectivity index (χ0n) is 17.0. The average molecular weight is 463 g/mol. The highest BCUT2D eigenvalue weighted by Crippen LogP contribution is 2.30. The highest BCUT2D eigenvalue weighted by molar-refractivity contribution is 7.94. The SMILES string of the molecule is CN(c1ccc(C(=O)Nc2ccc3c(c2)oc2ccccc23)cc1)S(=O)(=O)c1cccs1. The molecule has 0 saturated heterocycles. The summed E-state index contributed by atoms with van der Waals surface area (Å²) >= 11 is 1.16. The number of para-hydroxylation sites is 1. The van der Waals surface area contributed by atoms with Crippen LogP contribution < -0.4 is 9.62 Å². The molecule has 1 amide bonds. The van der Waals surface area contributed by atoms with Crippen LogP contribution in [0.25, 0.3) is 21.9 Å². The monoisotopic (exact) mass is 462 g/mol. The maximum Gasteiger partial charge on any atom is 0.273 e. The van der Waals surface area contributed by atoms with Gasteiger partial charge in [0.1, 0.15) is 15.4 Å². The third-order valence-corrected chi connectivity index (χ3v) is 8.40. The summed E-state index contributed by atoms with van der Waals surface area (Å²) in [5.41, 5.74) is 2.99. The van der Waals surface area contributed by atoms with Crippen molar-refractivity contribution in [1.29, 1.82) is 0 Å². The molecule has 32 heavy (non-hydrogen) atoms. The van der Waals surface area contributed by atoms with E-state index < -0.39 is 10.0 Å². The molecule has 0 saturated carbocycles. The van der Waals surface area contributed by atoms with Gasteiger partial charge in [0.2, 0.25) is 0 Å². The minimum atomic E-state index is -3.62. The number of nitrogens with one attached hydrogen (secondary N) is 1. The molecule has 5 rings (SSSR count). The highest BCUT2D eigenvalue weighted by Gasteiger charge is 2.22. The Balaban J connectivity index is 1.35. The topological polar surface area (TPSA) is 79.6 Å². The third kappa shape index (κ3) is 3.53. The molecular formula is C24H18N2O4S2. The molecule has 0 aliphatic carbocycles. The average Bonchev–Trinajstić information content (AvgIpc) is 3.47. The number of nitrogens with zero attached hydrogens (tertiary/aromatic N) is 1. The summed E-state index contributed by atoms with van der Waals surface area (Å²) in [6, 6.07) is 23.0. The summed E-state index contributed by atoms with van der Waals surface area (Å²) in [5, 5.41) is 6.60. The number of furan rings is 1. The van der Waals surface area contributed by atoms with Crippen LogP contribution in [-0.2, 0) is 10.0 Å². The van der Waals surface area contributed by atoms with Crippen molar-refractivity contribution in [2.45, 2.75) is 4.21 Å². The third-order valence-electron chi connectivity index (χ3n) is 5.24. The number of sulfonamides is 1. The van der Waals surface area contributed by atoms with Crippen LogP contribution in [0.4, 0.5) is 11.4 Å². The summed E-state index contributed by atoms with van der Waals surface area (Å²) in [6.45, 7) is 0. The second kappa shape index (κ2) is 7.81. The molecule has 0 aliphatic heterocycles. The van der Waals surface area contributed by atoms with Crippen molar-refractivity contribution in [2.24, 2.45) is 0 Å². The number of anilines is 2. The molecular weight excluding hydrogens is 444 g/mol. The maximum atomic E-state index is 12.7. The van der Waals surface area contributed by atoms with Gasteiger partial charge in [-0.2, -0.15) is 0 Å². The second-order valence-electron chi connectivity index (χ2n) is 7.21. The molecule has 160 valence electrons. The number of fused-ring (bicyclic) bond motifs is 3. The first-order valence-electron chi connectivity index (χ1n) is 9.79. The van der Waals surface area contributed by atoms with Crippen LogP contribution in [0.15, 0.2) is 92.9 Å². The molecule has 6 nitrogen and oxygen atoms in total. The van der Waals surface area contributed by atoms with Gasteiger partial charge >= 0.3 is 0 Å². The molecule has 2 heterocycles. The highest BCUT2D eigenvalue weighted by atomic mass is 32.2. The summed E-state index contributed by atoms with van der Waals surface area (Å²) in [5.74, 6) is -0.296. The lowest BCUT2D eigenvalue weighted by molar-refractivity contribution is 0.102. The van der Waals surface area contributed by atoms with Crippen molar-refractivity contribution in [2.75, 3.05) is 16.7 Å². The minimum Gasteiger partial charge on any atom is -0.456 e. The molecule has 0 bridgehead atoms. The molecule has 8 heteroatoms. The lowest BCUT2D eigenvalue weighted by Crippen LogP contribution is -2.25. The van der Waals surface area contributed by atoms with Gasteiger partial charge in [-0.25, -0.2) is 8.42 Å². The summed E-state index contributed by atoms with van der Waals surface area (Å²) in [7, 11) is -2.13. The van der Waals surface area contributed by atoms with Gasteiger partial charge in [-0.3, -0.25) is 9.10 Å². The van der Waals surface area contributed by atoms with Crippen molar-refractivity contribution >= 4 is 60.6 Å². The standard InChI is InChI=1S/C24H18N2O4S2/c1-26(32(28,29)23-7-4-14-31-23)18-11-8-16(9-12-18)24(27)25-17-10-13-20-19-5-2-3-6-21(19)30-22(20)15-17/h2-15H,1H3,(H,25,27). The lowest BCUT2D eigenvalue weighted by atomic mass is 10.1. The quantitative estimate of drug-likeness (QED) is 0.362. The van der Waals surface area contributed by atoms with E-state index in [1.165, 1.54) is 11.4 Å². The number of hydrogen-bond acceptors (Lipinski definition) is 5. The van der Waals surface area contributed by atoms with Gasteiger partial charge in [-0.15, -0.1) is 11.3 Å². The molecule has 3 aromatic carbocycles. The molecule has 0 aliphatic rings. The van der Waals surface area contributed by atoms with Gasteiger partial charge in [0.15, 0.2) is 0 Å². The van der Waals surface area contributed by atoms with Gasteiger partial charge in [-0.1, -0.05) is 24.3 Å². The molecule has 0 unspecified atom stereocenters. The van der Waals surface area contributed by atoms with Gasteiger partial charge in [-0.05, 0) is 53.9 Å². The number of carbonyl (C=O) groups excluding carboxylic acids is 1. The van der Waals surface area contributed by atoms with Crippen molar-refractivity contribution in [3.8, 4) is 0 Å². The van der Waals surface area contributed by atoms with Gasteiger partial charge in [0.05, 0.1) is 5.69 Å². The van der Waals surface area contributed by atoms with Crippen LogP contribution in [0, 0.1) is 0 Å². The lowest BCUT2D eigenvalue weighted by Gasteiger charge is -2.18. The molecule has 5 aromatic rings. The van der Waals surface area contributed by atoms with Crippen LogP contribution >= 0.6 is 11.3 Å². The van der Waals surface area contributed by atoms with Crippen LogP contribution in [-0.4, -0.2) is 21.4 Å². The number of rotatable bonds is 5. The Hall–Kier alpha value is -3.62. The van der Waals surface area contributed by atoms with E-state index >= 15 is 0 Å². The largest absolute Gasteiger partial charge is 0.456 e. The molecule has 0 atom stereocenters. The van der Waals surface area contributed by atoms with E-state index in [9.17, 15) is 13.2 Å². The van der Waals surface area contributed by atoms with E-state index in [4.69, 9.17) is 4.42 Å². The van der Waals surface area contributed by atoms with E-state index in [2.05, 4.69) is 5.32 Å². The summed E-state index contributed by atoms with van der Waals surface area (Å²) in [6.07, 6.45) is 0. The van der Waals surface area contributed by atoms with Crippen molar-refractivity contribution in [3.63, 3.8) is 0 Å². The minimum absolute atomic E-state index is 0.266. The first-order chi connectivity index (χ1) is 15.4. The Morgan fingerprint density at radius 1 is 0.906 bits per heavy atom. The fourth-order valence-corrected chi connectivity index (χ4v) is 5.87. The fraction of sp³-hybridized carbons (Fsp3) is 0.0417. The zero-order valence-corrected chi connectivity index (χ0v) is 18.6. The zero-order chi connectivity index (χ0) is 22.3. The van der Waals surface area contributed by atoms with Gasteiger partial charge in [0, 0.05) is 35.1 Å². The van der Waals surface area contributed by atoms with E-state index in [0.29, 0.717) is 22.5 Å². The molecule has 0 fully saturated rings. The van der Waals surface area contributed by atoms with Crippen molar-refractivity contribution in [3.05, 3.63) is 89.8 Å². The fourth-order valence-electron chi connectivity index (χ4n) is 3.51. The summed E-state index contributed by atoms with van der Waals surface area (Å²) in [4.78, 5) is 12.7. The number of benzene rings is 3. The number of carbonyl (C=O) groups is 1. The van der Waals surface area contributed by atoms with Crippen molar-refractivity contribution in [1.82, 2.24) is 0 Å². The van der Waals surface area contributed by atoms with E-state index in [1.807, 2.05) is 36.4 Å². The predicted molar refractivity (Wildman–Crippen MR) is 128 cm³/mol. The van der Waals surface area contributed by atoms with Crippen LogP contribution in [0.2, 0.25) is 0 Å². The molecule has 2 aromatic heterocycles. The van der Waals surface area contributed by atoms with E-state index in [-0.39, 0.29) is 10.1 Å². The molecule has 1 N–H and O–H groups in total. The maximum absolute atomic E-state index is 12.7. The smallest absolute Gasteiger partial charge is 0.273 e. The molecule has 0 radical (unpaired) electrons. The van der Waals surface area contributed by atoms with Crippen LogP contribution in [0.5, 0.6) is 0 Å². The van der Waals surface area contributed by atoms with Crippen LogP contribution in [0.1, 0.15) is 10.4 Å². The number of hydrogen-bond donors (Lipinski definition) is 1.